The van der Waals surface area contributed by atoms with Gasteiger partial charge in [-0.2, -0.15) is 0 Å². The number of carbonyl (C=O) groups is 2. The highest BCUT2D eigenvalue weighted by Crippen LogP contribution is 2.58. The maximum atomic E-state index is 12.9. The van der Waals surface area contributed by atoms with E-state index in [0.717, 1.165) is 31.4 Å². The summed E-state index contributed by atoms with van der Waals surface area (Å²) in [6, 6.07) is 7.64. The Morgan fingerprint density at radius 2 is 2.19 bits per heavy atom. The zero-order valence-electron chi connectivity index (χ0n) is 15.1. The monoisotopic (exact) mass is 382 g/mol. The third-order valence-electron chi connectivity index (χ3n) is 6.65. The first-order valence-corrected chi connectivity index (χ1v) is 10.3. The van der Waals surface area contributed by atoms with Crippen LogP contribution in [0, 0.1) is 17.3 Å². The van der Waals surface area contributed by atoms with E-state index in [-0.39, 0.29) is 29.1 Å². The second-order valence-electron chi connectivity index (χ2n) is 8.28. The van der Waals surface area contributed by atoms with Gasteiger partial charge in [0.1, 0.15) is 5.66 Å². The minimum atomic E-state index is -0.462. The smallest absolute Gasteiger partial charge is 0.255 e. The van der Waals surface area contributed by atoms with Gasteiger partial charge >= 0.3 is 0 Å². The van der Waals surface area contributed by atoms with Crippen LogP contribution in [0.15, 0.2) is 35.8 Å². The molecular formula is C20H22N4O2S. The maximum absolute atomic E-state index is 12.9. The first-order chi connectivity index (χ1) is 13.0. The number of rotatable bonds is 2. The number of nitrogens with zero attached hydrogens (tertiary/aromatic N) is 1. The second-order valence-corrected chi connectivity index (χ2v) is 9.17. The average molecular weight is 382 g/mol. The number of aromatic nitrogens is 1. The predicted octanol–water partition coefficient (Wildman–Crippen LogP) is 3.46. The number of amides is 2. The molecule has 4 aliphatic rings. The zero-order valence-corrected chi connectivity index (χ0v) is 15.9. The Balaban J connectivity index is 1.43. The molecular weight excluding hydrogens is 360 g/mol. The Kier molecular flexibility index (Phi) is 3.59. The number of fused-ring (bicyclic) bond motifs is 3. The van der Waals surface area contributed by atoms with Crippen molar-refractivity contribution in [1.82, 2.24) is 10.3 Å². The van der Waals surface area contributed by atoms with E-state index >= 15 is 0 Å². The van der Waals surface area contributed by atoms with E-state index < -0.39 is 5.66 Å². The van der Waals surface area contributed by atoms with Crippen molar-refractivity contribution in [1.29, 1.82) is 0 Å². The van der Waals surface area contributed by atoms with Crippen LogP contribution in [-0.4, -0.2) is 22.5 Å². The van der Waals surface area contributed by atoms with E-state index in [1.165, 1.54) is 11.3 Å². The Morgan fingerprint density at radius 1 is 1.33 bits per heavy atom. The average Bonchev–Trinajstić information content (AvgIpc) is 3.14. The molecule has 3 fully saturated rings. The van der Waals surface area contributed by atoms with Crippen LogP contribution in [0.3, 0.4) is 0 Å². The molecule has 3 aliphatic carbocycles. The number of thiazole rings is 1. The van der Waals surface area contributed by atoms with Crippen LogP contribution in [0.1, 0.15) is 43.0 Å². The molecule has 2 amide bonds. The van der Waals surface area contributed by atoms with Crippen molar-refractivity contribution in [3.63, 3.8) is 0 Å². The Labute approximate surface area is 161 Å². The topological polar surface area (TPSA) is 83.1 Å². The van der Waals surface area contributed by atoms with Crippen LogP contribution in [0.4, 0.5) is 10.8 Å². The third-order valence-corrected chi connectivity index (χ3v) is 7.34. The Hall–Kier alpha value is -2.41. The number of para-hydroxylation sites is 1. The van der Waals surface area contributed by atoms with Crippen molar-refractivity contribution >= 4 is 34.0 Å². The Bertz CT molecular complexity index is 914. The number of benzene rings is 1. The van der Waals surface area contributed by atoms with Crippen LogP contribution in [0.5, 0.6) is 0 Å². The summed E-state index contributed by atoms with van der Waals surface area (Å²) in [5, 5.41) is 12.4. The number of hydrogen-bond acceptors (Lipinski definition) is 5. The van der Waals surface area contributed by atoms with Crippen molar-refractivity contribution in [2.75, 3.05) is 10.6 Å². The number of nitrogens with one attached hydrogen (secondary N) is 3. The van der Waals surface area contributed by atoms with Gasteiger partial charge in [-0.25, -0.2) is 4.98 Å². The first-order valence-electron chi connectivity index (χ1n) is 9.39. The molecule has 2 heterocycles. The van der Waals surface area contributed by atoms with Crippen LogP contribution < -0.4 is 16.0 Å². The number of anilines is 2. The maximum Gasteiger partial charge on any atom is 0.255 e. The van der Waals surface area contributed by atoms with Gasteiger partial charge < -0.3 is 16.0 Å². The number of hydrogen-bond donors (Lipinski definition) is 3. The highest BCUT2D eigenvalue weighted by atomic mass is 32.1. The summed E-state index contributed by atoms with van der Waals surface area (Å²) in [7, 11) is 0. The molecule has 1 spiro atoms. The quantitative estimate of drug-likeness (QED) is 0.743. The molecule has 0 saturated heterocycles. The highest BCUT2D eigenvalue weighted by molar-refractivity contribution is 7.13. The largest absolute Gasteiger partial charge is 0.362 e. The van der Waals surface area contributed by atoms with Crippen molar-refractivity contribution < 1.29 is 9.59 Å². The van der Waals surface area contributed by atoms with E-state index in [1.54, 1.807) is 6.20 Å². The fraction of sp³-hybridized carbons (Fsp3) is 0.450. The standard InChI is InChI=1S/C20H22N4O2S/c1-19-7-6-12(10-14(19)17(26)22-18-21-8-9-27-18)20(11-19)23-15-5-3-2-4-13(15)16(25)24-20/h2-5,8-9,12,14,23H,6-7,10-11H2,1H3,(H,24,25)(H,21,22,26)/t12-,14-,19+,20+/m1/s1. The van der Waals surface area contributed by atoms with Gasteiger partial charge in [-0.3, -0.25) is 9.59 Å². The third kappa shape index (κ3) is 2.56. The van der Waals surface area contributed by atoms with Gasteiger partial charge in [0.15, 0.2) is 5.13 Å². The van der Waals surface area contributed by atoms with Gasteiger partial charge in [-0.05, 0) is 43.2 Å². The number of carbonyl (C=O) groups excluding carboxylic acids is 2. The molecule has 1 aromatic heterocycles. The molecule has 3 saturated carbocycles. The van der Waals surface area contributed by atoms with Gasteiger partial charge in [0.2, 0.25) is 5.91 Å². The second kappa shape index (κ2) is 5.79. The molecule has 0 radical (unpaired) electrons. The summed E-state index contributed by atoms with van der Waals surface area (Å²) in [5.74, 6) is 0.184. The van der Waals surface area contributed by atoms with Crippen molar-refractivity contribution in [3.05, 3.63) is 41.4 Å². The lowest BCUT2D eigenvalue weighted by atomic mass is 9.51. The molecule has 1 aliphatic heterocycles. The summed E-state index contributed by atoms with van der Waals surface area (Å²) < 4.78 is 0. The lowest BCUT2D eigenvalue weighted by Gasteiger charge is -2.60. The predicted molar refractivity (Wildman–Crippen MR) is 105 cm³/mol. The highest BCUT2D eigenvalue weighted by Gasteiger charge is 2.60. The molecule has 2 bridgehead atoms. The van der Waals surface area contributed by atoms with Crippen LogP contribution in [0.25, 0.3) is 0 Å². The van der Waals surface area contributed by atoms with Gasteiger partial charge in [-0.1, -0.05) is 19.1 Å². The van der Waals surface area contributed by atoms with Gasteiger partial charge in [-0.15, -0.1) is 11.3 Å². The van der Waals surface area contributed by atoms with E-state index in [9.17, 15) is 9.59 Å². The molecule has 3 N–H and O–H groups in total. The normalized spacial score (nSPS) is 33.9. The first kappa shape index (κ1) is 16.7. The van der Waals surface area contributed by atoms with Crippen LogP contribution >= 0.6 is 11.3 Å². The molecule has 140 valence electrons. The van der Waals surface area contributed by atoms with Gasteiger partial charge in [0, 0.05) is 29.1 Å². The van der Waals surface area contributed by atoms with E-state index in [2.05, 4.69) is 27.9 Å². The summed E-state index contributed by atoms with van der Waals surface area (Å²) >= 11 is 1.44. The molecule has 2 aromatic rings. The molecule has 6 nitrogen and oxygen atoms in total. The molecule has 27 heavy (non-hydrogen) atoms. The van der Waals surface area contributed by atoms with Gasteiger partial charge in [0.25, 0.3) is 5.91 Å². The molecule has 7 heteroatoms. The zero-order chi connectivity index (χ0) is 18.6. The van der Waals surface area contributed by atoms with Crippen molar-refractivity contribution in [2.45, 2.75) is 38.3 Å². The minimum absolute atomic E-state index is 0.0238. The molecule has 0 unspecified atom stereocenters. The van der Waals surface area contributed by atoms with Crippen LogP contribution in [-0.2, 0) is 4.79 Å². The fourth-order valence-electron chi connectivity index (χ4n) is 5.33. The van der Waals surface area contributed by atoms with E-state index in [0.29, 0.717) is 10.7 Å². The minimum Gasteiger partial charge on any atom is -0.362 e. The van der Waals surface area contributed by atoms with Crippen molar-refractivity contribution in [3.8, 4) is 0 Å². The van der Waals surface area contributed by atoms with Crippen molar-refractivity contribution in [2.24, 2.45) is 17.3 Å². The molecule has 1 aromatic carbocycles. The molecule has 4 atom stereocenters. The van der Waals surface area contributed by atoms with Crippen LogP contribution in [0.2, 0.25) is 0 Å². The fourth-order valence-corrected chi connectivity index (χ4v) is 5.86. The summed E-state index contributed by atoms with van der Waals surface area (Å²) in [6.45, 7) is 2.19. The summed E-state index contributed by atoms with van der Waals surface area (Å²) in [4.78, 5) is 29.8. The summed E-state index contributed by atoms with van der Waals surface area (Å²) in [5.41, 5.74) is 0.952. The van der Waals surface area contributed by atoms with E-state index in [1.807, 2.05) is 29.6 Å². The lowest BCUT2D eigenvalue weighted by Crippen LogP contribution is -2.70. The lowest BCUT2D eigenvalue weighted by molar-refractivity contribution is -0.134. The summed E-state index contributed by atoms with van der Waals surface area (Å²) in [6.07, 6.45) is 5.22. The Morgan fingerprint density at radius 3 is 2.96 bits per heavy atom. The van der Waals surface area contributed by atoms with Gasteiger partial charge in [0.05, 0.1) is 5.56 Å². The SMILES string of the molecule is C[C@@]12CC[C@H](C[C@@H]1C(=O)Nc1nccs1)[C@]1(C2)NC(=O)c2ccccc2N1. The van der Waals surface area contributed by atoms with E-state index in [4.69, 9.17) is 0 Å². The molecule has 6 rings (SSSR count).